The summed E-state index contributed by atoms with van der Waals surface area (Å²) in [4.78, 5) is 27.6. The summed E-state index contributed by atoms with van der Waals surface area (Å²) in [5.74, 6) is 0.575. The number of aromatic amines is 1. The first-order chi connectivity index (χ1) is 12.1. The second kappa shape index (κ2) is 7.00. The van der Waals surface area contributed by atoms with Crippen molar-refractivity contribution in [2.75, 3.05) is 11.9 Å². The molecule has 0 radical (unpaired) electrons. The Morgan fingerprint density at radius 1 is 1.27 bits per heavy atom. The van der Waals surface area contributed by atoms with Crippen molar-refractivity contribution in [1.82, 2.24) is 30.6 Å². The molecule has 0 saturated carbocycles. The SMILES string of the molecule is CC1(C)CC(NC(=O)CCNc2nc(Cl)nc3nc[nH]c23)CC(C)(C)N1. The Balaban J connectivity index is 1.53. The summed E-state index contributed by atoms with van der Waals surface area (Å²) in [6, 6.07) is 0.168. The van der Waals surface area contributed by atoms with Crippen molar-refractivity contribution < 1.29 is 4.79 Å². The molecular weight excluding hydrogens is 354 g/mol. The normalized spacial score (nSPS) is 19.4. The van der Waals surface area contributed by atoms with Crippen LogP contribution in [0, 0.1) is 0 Å². The fourth-order valence-electron chi connectivity index (χ4n) is 3.95. The lowest BCUT2D eigenvalue weighted by Crippen LogP contribution is -2.62. The van der Waals surface area contributed by atoms with Crippen LogP contribution in [0.15, 0.2) is 6.33 Å². The third kappa shape index (κ3) is 4.62. The van der Waals surface area contributed by atoms with Gasteiger partial charge in [-0.05, 0) is 52.1 Å². The maximum absolute atomic E-state index is 12.4. The highest BCUT2D eigenvalue weighted by molar-refractivity contribution is 6.28. The van der Waals surface area contributed by atoms with Crippen LogP contribution in [-0.4, -0.2) is 49.5 Å². The first kappa shape index (κ1) is 18.8. The predicted molar refractivity (Wildman–Crippen MR) is 102 cm³/mol. The summed E-state index contributed by atoms with van der Waals surface area (Å²) < 4.78 is 0. The number of piperidine rings is 1. The molecule has 3 heterocycles. The lowest BCUT2D eigenvalue weighted by Gasteiger charge is -2.46. The van der Waals surface area contributed by atoms with Gasteiger partial charge < -0.3 is 20.9 Å². The van der Waals surface area contributed by atoms with Gasteiger partial charge >= 0.3 is 0 Å². The second-order valence-corrected chi connectivity index (χ2v) is 8.52. The number of carbonyl (C=O) groups is 1. The summed E-state index contributed by atoms with van der Waals surface area (Å²) >= 11 is 5.90. The highest BCUT2D eigenvalue weighted by Gasteiger charge is 2.38. The number of carbonyl (C=O) groups excluding carboxylic acids is 1. The number of imidazole rings is 1. The van der Waals surface area contributed by atoms with Gasteiger partial charge in [0.1, 0.15) is 5.52 Å². The van der Waals surface area contributed by atoms with E-state index in [1.54, 1.807) is 0 Å². The highest BCUT2D eigenvalue weighted by atomic mass is 35.5. The molecule has 0 aromatic carbocycles. The molecule has 2 aromatic heterocycles. The van der Waals surface area contributed by atoms with Crippen molar-refractivity contribution in [2.24, 2.45) is 0 Å². The van der Waals surface area contributed by atoms with Crippen LogP contribution >= 0.6 is 11.6 Å². The van der Waals surface area contributed by atoms with Crippen molar-refractivity contribution in [3.63, 3.8) is 0 Å². The molecule has 9 heteroatoms. The van der Waals surface area contributed by atoms with Gasteiger partial charge in [-0.25, -0.2) is 4.98 Å². The highest BCUT2D eigenvalue weighted by Crippen LogP contribution is 2.28. The van der Waals surface area contributed by atoms with E-state index in [-0.39, 0.29) is 28.3 Å². The number of hydrogen-bond donors (Lipinski definition) is 4. The van der Waals surface area contributed by atoms with E-state index in [0.29, 0.717) is 29.9 Å². The number of anilines is 1. The Morgan fingerprint density at radius 3 is 2.65 bits per heavy atom. The van der Waals surface area contributed by atoms with Crippen LogP contribution < -0.4 is 16.0 Å². The van der Waals surface area contributed by atoms with E-state index in [4.69, 9.17) is 11.6 Å². The van der Waals surface area contributed by atoms with Crippen LogP contribution in [0.4, 0.5) is 5.82 Å². The molecule has 0 aliphatic carbocycles. The minimum absolute atomic E-state index is 0.00186. The zero-order valence-electron chi connectivity index (χ0n) is 15.6. The molecule has 142 valence electrons. The van der Waals surface area contributed by atoms with E-state index < -0.39 is 0 Å². The Labute approximate surface area is 157 Å². The van der Waals surface area contributed by atoms with E-state index in [2.05, 4.69) is 63.6 Å². The van der Waals surface area contributed by atoms with Gasteiger partial charge in [0.25, 0.3) is 0 Å². The largest absolute Gasteiger partial charge is 0.368 e. The molecule has 1 aliphatic rings. The fourth-order valence-corrected chi connectivity index (χ4v) is 4.12. The van der Waals surface area contributed by atoms with Gasteiger partial charge in [0.2, 0.25) is 11.2 Å². The smallest absolute Gasteiger partial charge is 0.226 e. The van der Waals surface area contributed by atoms with Crippen molar-refractivity contribution in [3.05, 3.63) is 11.6 Å². The van der Waals surface area contributed by atoms with Gasteiger partial charge in [-0.2, -0.15) is 9.97 Å². The average Bonchev–Trinajstić information content (AvgIpc) is 2.91. The quantitative estimate of drug-likeness (QED) is 0.593. The topological polar surface area (TPSA) is 108 Å². The molecule has 0 spiro atoms. The molecule has 0 atom stereocenters. The number of rotatable bonds is 5. The van der Waals surface area contributed by atoms with Crippen LogP contribution in [-0.2, 0) is 4.79 Å². The molecule has 1 fully saturated rings. The Bertz CT molecular complexity index is 786. The van der Waals surface area contributed by atoms with E-state index in [1.807, 2.05) is 0 Å². The monoisotopic (exact) mass is 379 g/mol. The predicted octanol–water partition coefficient (Wildman–Crippen LogP) is 2.23. The average molecular weight is 380 g/mol. The number of nitrogens with zero attached hydrogens (tertiary/aromatic N) is 3. The summed E-state index contributed by atoms with van der Waals surface area (Å²) in [5, 5.41) is 10.0. The van der Waals surface area contributed by atoms with Crippen molar-refractivity contribution >= 4 is 34.5 Å². The van der Waals surface area contributed by atoms with Gasteiger partial charge in [0.15, 0.2) is 11.5 Å². The van der Waals surface area contributed by atoms with E-state index in [1.165, 1.54) is 6.33 Å². The second-order valence-electron chi connectivity index (χ2n) is 8.18. The van der Waals surface area contributed by atoms with E-state index in [9.17, 15) is 4.79 Å². The summed E-state index contributed by atoms with van der Waals surface area (Å²) in [6.07, 6.45) is 3.70. The number of amides is 1. The van der Waals surface area contributed by atoms with E-state index in [0.717, 1.165) is 12.8 Å². The molecule has 2 aromatic rings. The maximum atomic E-state index is 12.4. The van der Waals surface area contributed by atoms with Crippen LogP contribution in [0.2, 0.25) is 5.28 Å². The molecule has 1 amide bonds. The third-order valence-electron chi connectivity index (χ3n) is 4.46. The lowest BCUT2D eigenvalue weighted by molar-refractivity contribution is -0.122. The summed E-state index contributed by atoms with van der Waals surface area (Å²) in [7, 11) is 0. The van der Waals surface area contributed by atoms with Gasteiger partial charge in [0, 0.05) is 30.1 Å². The minimum Gasteiger partial charge on any atom is -0.368 e. The molecule has 4 N–H and O–H groups in total. The molecule has 3 rings (SSSR count). The van der Waals surface area contributed by atoms with Crippen molar-refractivity contribution in [1.29, 1.82) is 0 Å². The fraction of sp³-hybridized carbons (Fsp3) is 0.647. The molecule has 26 heavy (non-hydrogen) atoms. The van der Waals surface area contributed by atoms with Gasteiger partial charge in [-0.15, -0.1) is 0 Å². The molecule has 1 aliphatic heterocycles. The zero-order chi connectivity index (χ0) is 18.9. The Hall–Kier alpha value is -1.93. The molecule has 1 saturated heterocycles. The Kier molecular flexibility index (Phi) is 5.07. The first-order valence-electron chi connectivity index (χ1n) is 8.83. The number of halogens is 1. The minimum atomic E-state index is 0.00186. The van der Waals surface area contributed by atoms with Crippen molar-refractivity contribution in [3.8, 4) is 0 Å². The summed E-state index contributed by atoms with van der Waals surface area (Å²) in [6.45, 7) is 9.13. The van der Waals surface area contributed by atoms with Crippen LogP contribution in [0.25, 0.3) is 11.2 Å². The van der Waals surface area contributed by atoms with Gasteiger partial charge in [0.05, 0.1) is 6.33 Å². The maximum Gasteiger partial charge on any atom is 0.226 e. The molecular formula is C17H26ClN7O. The van der Waals surface area contributed by atoms with Crippen LogP contribution in [0.1, 0.15) is 47.0 Å². The number of fused-ring (bicyclic) bond motifs is 1. The lowest BCUT2D eigenvalue weighted by atomic mass is 9.79. The number of H-pyrrole nitrogens is 1. The molecule has 0 bridgehead atoms. The molecule has 0 unspecified atom stereocenters. The van der Waals surface area contributed by atoms with Gasteiger partial charge in [-0.1, -0.05) is 0 Å². The standard InChI is InChI=1S/C17H26ClN7O/c1-16(2)7-10(8-17(3,4)25-16)22-11(26)5-6-19-13-12-14(21-9-20-12)24-15(18)23-13/h9-10,25H,5-8H2,1-4H3,(H,22,26)(H2,19,20,21,23,24). The molecule has 8 nitrogen and oxygen atoms in total. The Morgan fingerprint density at radius 2 is 1.96 bits per heavy atom. The zero-order valence-corrected chi connectivity index (χ0v) is 16.4. The number of hydrogen-bond acceptors (Lipinski definition) is 6. The van der Waals surface area contributed by atoms with Crippen molar-refractivity contribution in [2.45, 2.75) is 64.1 Å². The summed E-state index contributed by atoms with van der Waals surface area (Å²) in [5.41, 5.74) is 1.18. The third-order valence-corrected chi connectivity index (χ3v) is 4.63. The van der Waals surface area contributed by atoms with E-state index >= 15 is 0 Å². The first-order valence-corrected chi connectivity index (χ1v) is 9.21. The van der Waals surface area contributed by atoms with Gasteiger partial charge in [-0.3, -0.25) is 4.79 Å². The number of nitrogens with one attached hydrogen (secondary N) is 4. The van der Waals surface area contributed by atoms with Crippen LogP contribution in [0.5, 0.6) is 0 Å². The van der Waals surface area contributed by atoms with Crippen LogP contribution in [0.3, 0.4) is 0 Å². The number of aromatic nitrogens is 4.